The van der Waals surface area contributed by atoms with Gasteiger partial charge < -0.3 is 4.98 Å². The number of benzene rings is 1. The van der Waals surface area contributed by atoms with Gasteiger partial charge in [0.2, 0.25) is 0 Å². The molecule has 3 heteroatoms. The van der Waals surface area contributed by atoms with Gasteiger partial charge in [-0.3, -0.25) is 4.79 Å². The maximum absolute atomic E-state index is 11.8. The predicted molar refractivity (Wildman–Crippen MR) is 70.1 cm³/mol. The fraction of sp³-hybridized carbons (Fsp3) is 0.429. The summed E-state index contributed by atoms with van der Waals surface area (Å²) in [6.45, 7) is 4.37. The summed E-state index contributed by atoms with van der Waals surface area (Å²) in [5.41, 5.74) is 0.754. The average molecular weight is 230 g/mol. The van der Waals surface area contributed by atoms with Crippen molar-refractivity contribution in [3.05, 3.63) is 40.4 Å². The Morgan fingerprint density at radius 1 is 1.35 bits per heavy atom. The maximum Gasteiger partial charge on any atom is 0.258 e. The van der Waals surface area contributed by atoms with E-state index in [1.165, 1.54) is 6.42 Å². The lowest BCUT2D eigenvalue weighted by atomic mass is 10.0. The maximum atomic E-state index is 11.8. The minimum atomic E-state index is -0.0331. The summed E-state index contributed by atoms with van der Waals surface area (Å²) in [5.74, 6) is 1.36. The number of fused-ring (bicyclic) bond motifs is 1. The third kappa shape index (κ3) is 2.73. The van der Waals surface area contributed by atoms with Crippen molar-refractivity contribution < 1.29 is 0 Å². The first-order chi connectivity index (χ1) is 8.20. The van der Waals surface area contributed by atoms with Gasteiger partial charge in [-0.25, -0.2) is 4.98 Å². The van der Waals surface area contributed by atoms with Gasteiger partial charge in [0, 0.05) is 6.42 Å². The first-order valence-corrected chi connectivity index (χ1v) is 6.18. The SMILES string of the molecule is CCCC(C)Cc1nc2ccccc2c(=O)[nH]1. The van der Waals surface area contributed by atoms with Gasteiger partial charge in [-0.2, -0.15) is 0 Å². The van der Waals surface area contributed by atoms with Gasteiger partial charge in [-0.15, -0.1) is 0 Å². The van der Waals surface area contributed by atoms with Gasteiger partial charge in [-0.05, 0) is 18.1 Å². The van der Waals surface area contributed by atoms with Crippen LogP contribution in [0.5, 0.6) is 0 Å². The van der Waals surface area contributed by atoms with Gasteiger partial charge in [0.05, 0.1) is 10.9 Å². The Hall–Kier alpha value is -1.64. The molecule has 0 bridgehead atoms. The molecule has 1 unspecified atom stereocenters. The van der Waals surface area contributed by atoms with Gasteiger partial charge in [0.1, 0.15) is 5.82 Å². The van der Waals surface area contributed by atoms with Gasteiger partial charge in [0.15, 0.2) is 0 Å². The van der Waals surface area contributed by atoms with E-state index in [0.29, 0.717) is 11.3 Å². The molecule has 0 aliphatic carbocycles. The molecule has 1 N–H and O–H groups in total. The third-order valence-corrected chi connectivity index (χ3v) is 2.99. The normalized spacial score (nSPS) is 12.8. The van der Waals surface area contributed by atoms with Gasteiger partial charge in [0.25, 0.3) is 5.56 Å². The zero-order valence-electron chi connectivity index (χ0n) is 10.4. The van der Waals surface area contributed by atoms with E-state index in [1.807, 2.05) is 18.2 Å². The van der Waals surface area contributed by atoms with E-state index in [2.05, 4.69) is 23.8 Å². The summed E-state index contributed by atoms with van der Waals surface area (Å²) in [7, 11) is 0. The number of para-hydroxylation sites is 1. The predicted octanol–water partition coefficient (Wildman–Crippen LogP) is 2.90. The molecule has 1 aromatic carbocycles. The molecule has 1 aromatic heterocycles. The Morgan fingerprint density at radius 3 is 2.88 bits per heavy atom. The average Bonchev–Trinajstić information content (AvgIpc) is 2.29. The summed E-state index contributed by atoms with van der Waals surface area (Å²) in [6.07, 6.45) is 3.17. The Bertz CT molecular complexity index is 559. The molecular formula is C14H18N2O. The van der Waals surface area contributed by atoms with Crippen LogP contribution in [0, 0.1) is 5.92 Å². The molecule has 0 fully saturated rings. The molecule has 0 amide bonds. The number of hydrogen-bond acceptors (Lipinski definition) is 2. The van der Waals surface area contributed by atoms with E-state index >= 15 is 0 Å². The molecule has 0 aliphatic heterocycles. The molecule has 3 nitrogen and oxygen atoms in total. The largest absolute Gasteiger partial charge is 0.310 e. The van der Waals surface area contributed by atoms with Crippen LogP contribution in [0.15, 0.2) is 29.1 Å². The van der Waals surface area contributed by atoms with Crippen molar-refractivity contribution in [3.8, 4) is 0 Å². The first kappa shape index (κ1) is 11.8. The zero-order valence-corrected chi connectivity index (χ0v) is 10.4. The Morgan fingerprint density at radius 2 is 2.12 bits per heavy atom. The van der Waals surface area contributed by atoms with Crippen molar-refractivity contribution in [2.75, 3.05) is 0 Å². The monoisotopic (exact) mass is 230 g/mol. The van der Waals surface area contributed by atoms with Crippen molar-refractivity contribution >= 4 is 10.9 Å². The van der Waals surface area contributed by atoms with E-state index in [-0.39, 0.29) is 5.56 Å². The highest BCUT2D eigenvalue weighted by atomic mass is 16.1. The standard InChI is InChI=1S/C14H18N2O/c1-3-6-10(2)9-13-15-12-8-5-4-7-11(12)14(17)16-13/h4-5,7-8,10H,3,6,9H2,1-2H3,(H,15,16,17). The van der Waals surface area contributed by atoms with Gasteiger partial charge in [-0.1, -0.05) is 38.8 Å². The third-order valence-electron chi connectivity index (χ3n) is 2.99. The molecule has 0 radical (unpaired) electrons. The summed E-state index contributed by atoms with van der Waals surface area (Å²) < 4.78 is 0. The topological polar surface area (TPSA) is 45.8 Å². The molecule has 0 saturated heterocycles. The number of aromatic nitrogens is 2. The lowest BCUT2D eigenvalue weighted by molar-refractivity contribution is 0.510. The summed E-state index contributed by atoms with van der Waals surface area (Å²) in [5, 5.41) is 0.666. The van der Waals surface area contributed by atoms with Crippen molar-refractivity contribution in [1.82, 2.24) is 9.97 Å². The fourth-order valence-corrected chi connectivity index (χ4v) is 2.16. The lowest BCUT2D eigenvalue weighted by Gasteiger charge is -2.09. The van der Waals surface area contributed by atoms with Crippen molar-refractivity contribution in [2.45, 2.75) is 33.1 Å². The number of hydrogen-bond donors (Lipinski definition) is 1. The van der Waals surface area contributed by atoms with Crippen LogP contribution < -0.4 is 5.56 Å². The number of nitrogens with zero attached hydrogens (tertiary/aromatic N) is 1. The van der Waals surface area contributed by atoms with E-state index in [4.69, 9.17) is 0 Å². The van der Waals surface area contributed by atoms with Crippen LogP contribution >= 0.6 is 0 Å². The second kappa shape index (κ2) is 5.13. The van der Waals surface area contributed by atoms with Crippen LogP contribution in [0.3, 0.4) is 0 Å². The molecule has 90 valence electrons. The quantitative estimate of drug-likeness (QED) is 0.877. The Balaban J connectivity index is 2.33. The molecule has 0 aliphatic rings. The molecular weight excluding hydrogens is 212 g/mol. The van der Waals surface area contributed by atoms with Crippen molar-refractivity contribution in [2.24, 2.45) is 5.92 Å². The molecule has 2 rings (SSSR count). The Kier molecular flexibility index (Phi) is 3.57. The number of nitrogens with one attached hydrogen (secondary N) is 1. The number of aromatic amines is 1. The number of H-pyrrole nitrogens is 1. The highest BCUT2D eigenvalue weighted by Crippen LogP contribution is 2.12. The van der Waals surface area contributed by atoms with Gasteiger partial charge >= 0.3 is 0 Å². The summed E-state index contributed by atoms with van der Waals surface area (Å²) >= 11 is 0. The van der Waals surface area contributed by atoms with E-state index in [9.17, 15) is 4.79 Å². The minimum absolute atomic E-state index is 0.0331. The smallest absolute Gasteiger partial charge is 0.258 e. The Labute approximate surface area is 101 Å². The van der Waals surface area contributed by atoms with Crippen LogP contribution in [0.4, 0.5) is 0 Å². The van der Waals surface area contributed by atoms with E-state index in [0.717, 1.165) is 24.2 Å². The van der Waals surface area contributed by atoms with Crippen LogP contribution in [0.25, 0.3) is 10.9 Å². The second-order valence-corrected chi connectivity index (χ2v) is 4.63. The molecule has 1 heterocycles. The molecule has 0 spiro atoms. The fourth-order valence-electron chi connectivity index (χ4n) is 2.16. The van der Waals surface area contributed by atoms with E-state index < -0.39 is 0 Å². The van der Waals surface area contributed by atoms with Crippen molar-refractivity contribution in [1.29, 1.82) is 0 Å². The molecule has 2 aromatic rings. The molecule has 17 heavy (non-hydrogen) atoms. The molecule has 1 atom stereocenters. The summed E-state index contributed by atoms with van der Waals surface area (Å²) in [4.78, 5) is 19.2. The summed E-state index contributed by atoms with van der Waals surface area (Å²) in [6, 6.07) is 7.46. The number of rotatable bonds is 4. The van der Waals surface area contributed by atoms with Crippen LogP contribution in [0.1, 0.15) is 32.5 Å². The molecule has 0 saturated carbocycles. The lowest BCUT2D eigenvalue weighted by Crippen LogP contribution is -2.14. The van der Waals surface area contributed by atoms with Crippen LogP contribution in [0.2, 0.25) is 0 Å². The van der Waals surface area contributed by atoms with Crippen molar-refractivity contribution in [3.63, 3.8) is 0 Å². The minimum Gasteiger partial charge on any atom is -0.310 e. The zero-order chi connectivity index (χ0) is 12.3. The highest BCUT2D eigenvalue weighted by Gasteiger charge is 2.07. The highest BCUT2D eigenvalue weighted by molar-refractivity contribution is 5.77. The second-order valence-electron chi connectivity index (χ2n) is 4.63. The van der Waals surface area contributed by atoms with Crippen LogP contribution in [-0.2, 0) is 6.42 Å². The first-order valence-electron chi connectivity index (χ1n) is 6.18. The van der Waals surface area contributed by atoms with E-state index in [1.54, 1.807) is 6.07 Å². The van der Waals surface area contributed by atoms with Crippen LogP contribution in [-0.4, -0.2) is 9.97 Å².